The molecule has 19 heavy (non-hydrogen) atoms. The Kier molecular flexibility index (Phi) is 3.27. The third-order valence-corrected chi connectivity index (χ3v) is 3.22. The number of ether oxygens (including phenoxy) is 2. The van der Waals surface area contributed by atoms with E-state index in [0.29, 0.717) is 13.2 Å². The number of benzene rings is 2. The summed E-state index contributed by atoms with van der Waals surface area (Å²) in [5, 5.41) is 3.47. The lowest BCUT2D eigenvalue weighted by Gasteiger charge is -2.21. The van der Waals surface area contributed by atoms with Gasteiger partial charge >= 0.3 is 0 Å². The second kappa shape index (κ2) is 5.22. The normalized spacial score (nSPS) is 14.8. The van der Waals surface area contributed by atoms with Gasteiger partial charge in [0.1, 0.15) is 13.2 Å². The highest BCUT2D eigenvalue weighted by atomic mass is 16.6. The molecule has 3 heteroatoms. The molecule has 1 unspecified atom stereocenters. The third-order valence-electron chi connectivity index (χ3n) is 3.22. The molecule has 1 aliphatic rings. The molecule has 0 aromatic heterocycles. The lowest BCUT2D eigenvalue weighted by molar-refractivity contribution is 0.171. The molecule has 1 heterocycles. The van der Waals surface area contributed by atoms with Crippen molar-refractivity contribution >= 4 is 5.69 Å². The van der Waals surface area contributed by atoms with Crippen LogP contribution in [0.5, 0.6) is 11.5 Å². The summed E-state index contributed by atoms with van der Waals surface area (Å²) in [4.78, 5) is 0. The van der Waals surface area contributed by atoms with Crippen LogP contribution in [0.25, 0.3) is 0 Å². The Balaban J connectivity index is 1.78. The first-order chi connectivity index (χ1) is 9.33. The summed E-state index contributed by atoms with van der Waals surface area (Å²) in [5.41, 5.74) is 2.30. The minimum absolute atomic E-state index is 0.221. The molecular weight excluding hydrogens is 238 g/mol. The summed E-state index contributed by atoms with van der Waals surface area (Å²) >= 11 is 0. The predicted molar refractivity (Wildman–Crippen MR) is 75.9 cm³/mol. The molecule has 0 saturated carbocycles. The molecule has 0 spiro atoms. The minimum Gasteiger partial charge on any atom is -0.486 e. The van der Waals surface area contributed by atoms with Gasteiger partial charge in [-0.1, -0.05) is 24.3 Å². The lowest BCUT2D eigenvalue weighted by Crippen LogP contribution is -2.16. The van der Waals surface area contributed by atoms with Crippen LogP contribution in [0.3, 0.4) is 0 Å². The van der Waals surface area contributed by atoms with Crippen LogP contribution in [0.15, 0.2) is 48.5 Å². The van der Waals surface area contributed by atoms with Crippen molar-refractivity contribution in [1.29, 1.82) is 0 Å². The summed E-state index contributed by atoms with van der Waals surface area (Å²) in [6.07, 6.45) is 0. The second-order valence-electron chi connectivity index (χ2n) is 4.64. The van der Waals surface area contributed by atoms with E-state index in [9.17, 15) is 0 Å². The van der Waals surface area contributed by atoms with Crippen LogP contribution in [0.2, 0.25) is 0 Å². The highest BCUT2D eigenvalue weighted by molar-refractivity contribution is 5.48. The van der Waals surface area contributed by atoms with Gasteiger partial charge in [0.15, 0.2) is 11.5 Å². The van der Waals surface area contributed by atoms with Crippen molar-refractivity contribution in [1.82, 2.24) is 0 Å². The van der Waals surface area contributed by atoms with E-state index in [0.717, 1.165) is 17.2 Å². The summed E-state index contributed by atoms with van der Waals surface area (Å²) < 4.78 is 11.1. The van der Waals surface area contributed by atoms with Crippen molar-refractivity contribution in [2.24, 2.45) is 0 Å². The fourth-order valence-corrected chi connectivity index (χ4v) is 2.20. The SMILES string of the molecule is CC(Nc1ccccc1)c1ccc2c(c1)OCCO2. The molecule has 0 saturated heterocycles. The molecule has 1 aliphatic heterocycles. The molecule has 2 aromatic rings. The topological polar surface area (TPSA) is 30.5 Å². The summed E-state index contributed by atoms with van der Waals surface area (Å²) in [6, 6.07) is 16.5. The van der Waals surface area contributed by atoms with E-state index in [1.807, 2.05) is 24.3 Å². The Bertz CT molecular complexity index is 554. The van der Waals surface area contributed by atoms with Gasteiger partial charge in [-0.25, -0.2) is 0 Å². The first-order valence-electron chi connectivity index (χ1n) is 6.54. The van der Waals surface area contributed by atoms with Crippen LogP contribution in [0.4, 0.5) is 5.69 Å². The van der Waals surface area contributed by atoms with Gasteiger partial charge in [-0.2, -0.15) is 0 Å². The van der Waals surface area contributed by atoms with Crippen molar-refractivity contribution in [2.45, 2.75) is 13.0 Å². The van der Waals surface area contributed by atoms with E-state index < -0.39 is 0 Å². The maximum atomic E-state index is 5.61. The smallest absolute Gasteiger partial charge is 0.161 e. The highest BCUT2D eigenvalue weighted by Gasteiger charge is 2.14. The number of anilines is 1. The average molecular weight is 255 g/mol. The zero-order valence-corrected chi connectivity index (χ0v) is 10.9. The van der Waals surface area contributed by atoms with Crippen molar-refractivity contribution < 1.29 is 9.47 Å². The van der Waals surface area contributed by atoms with E-state index >= 15 is 0 Å². The molecule has 1 atom stereocenters. The fraction of sp³-hybridized carbons (Fsp3) is 0.250. The van der Waals surface area contributed by atoms with Gasteiger partial charge in [-0.05, 0) is 36.8 Å². The van der Waals surface area contributed by atoms with Gasteiger partial charge in [0.2, 0.25) is 0 Å². The molecule has 0 aliphatic carbocycles. The molecule has 0 radical (unpaired) electrons. The molecular formula is C16H17NO2. The van der Waals surface area contributed by atoms with Crippen LogP contribution in [-0.4, -0.2) is 13.2 Å². The van der Waals surface area contributed by atoms with Gasteiger partial charge in [0.25, 0.3) is 0 Å². The third kappa shape index (κ3) is 2.65. The summed E-state index contributed by atoms with van der Waals surface area (Å²) in [5.74, 6) is 1.67. The van der Waals surface area contributed by atoms with E-state index in [-0.39, 0.29) is 6.04 Å². The maximum absolute atomic E-state index is 5.61. The molecule has 3 nitrogen and oxygen atoms in total. The van der Waals surface area contributed by atoms with E-state index in [4.69, 9.17) is 9.47 Å². The number of hydrogen-bond acceptors (Lipinski definition) is 3. The number of nitrogens with one attached hydrogen (secondary N) is 1. The zero-order valence-electron chi connectivity index (χ0n) is 10.9. The van der Waals surface area contributed by atoms with Gasteiger partial charge in [-0.15, -0.1) is 0 Å². The molecule has 1 N–H and O–H groups in total. The minimum atomic E-state index is 0.221. The predicted octanol–water partition coefficient (Wildman–Crippen LogP) is 3.63. The Hall–Kier alpha value is -2.16. The first-order valence-corrected chi connectivity index (χ1v) is 6.54. The second-order valence-corrected chi connectivity index (χ2v) is 4.64. The molecule has 0 amide bonds. The Morgan fingerprint density at radius 3 is 2.47 bits per heavy atom. The van der Waals surface area contributed by atoms with Gasteiger partial charge in [-0.3, -0.25) is 0 Å². The summed E-state index contributed by atoms with van der Waals surface area (Å²) in [7, 11) is 0. The molecule has 3 rings (SSSR count). The van der Waals surface area contributed by atoms with Crippen molar-refractivity contribution in [3.05, 3.63) is 54.1 Å². The summed E-state index contributed by atoms with van der Waals surface area (Å²) in [6.45, 7) is 3.39. The van der Waals surface area contributed by atoms with Gasteiger partial charge in [0.05, 0.1) is 0 Å². The van der Waals surface area contributed by atoms with Crippen LogP contribution in [0, 0.1) is 0 Å². The average Bonchev–Trinajstić information content (AvgIpc) is 2.48. The highest BCUT2D eigenvalue weighted by Crippen LogP contribution is 2.33. The lowest BCUT2D eigenvalue weighted by atomic mass is 10.1. The van der Waals surface area contributed by atoms with Crippen LogP contribution < -0.4 is 14.8 Å². The number of rotatable bonds is 3. The number of fused-ring (bicyclic) bond motifs is 1. The van der Waals surface area contributed by atoms with Gasteiger partial charge in [0, 0.05) is 11.7 Å². The van der Waals surface area contributed by atoms with Crippen LogP contribution in [-0.2, 0) is 0 Å². The van der Waals surface area contributed by atoms with Crippen LogP contribution in [0.1, 0.15) is 18.5 Å². The largest absolute Gasteiger partial charge is 0.486 e. The Morgan fingerprint density at radius 2 is 1.68 bits per heavy atom. The Labute approximate surface area is 113 Å². The van der Waals surface area contributed by atoms with E-state index in [2.05, 4.69) is 36.5 Å². The number of para-hydroxylation sites is 1. The molecule has 2 aromatic carbocycles. The first kappa shape index (κ1) is 11.9. The molecule has 0 bridgehead atoms. The van der Waals surface area contributed by atoms with Crippen molar-refractivity contribution in [2.75, 3.05) is 18.5 Å². The van der Waals surface area contributed by atoms with E-state index in [1.54, 1.807) is 0 Å². The van der Waals surface area contributed by atoms with Crippen LogP contribution >= 0.6 is 0 Å². The monoisotopic (exact) mass is 255 g/mol. The zero-order chi connectivity index (χ0) is 13.1. The van der Waals surface area contributed by atoms with Crippen molar-refractivity contribution in [3.8, 4) is 11.5 Å². The van der Waals surface area contributed by atoms with Crippen molar-refractivity contribution in [3.63, 3.8) is 0 Å². The maximum Gasteiger partial charge on any atom is 0.161 e. The Morgan fingerprint density at radius 1 is 0.947 bits per heavy atom. The van der Waals surface area contributed by atoms with Gasteiger partial charge < -0.3 is 14.8 Å². The molecule has 98 valence electrons. The fourth-order valence-electron chi connectivity index (χ4n) is 2.20. The molecule has 0 fully saturated rings. The number of hydrogen-bond donors (Lipinski definition) is 1. The standard InChI is InChI=1S/C16H17NO2/c1-12(17-14-5-3-2-4-6-14)13-7-8-15-16(11-13)19-10-9-18-15/h2-8,11-12,17H,9-10H2,1H3. The quantitative estimate of drug-likeness (QED) is 0.908. The van der Waals surface area contributed by atoms with E-state index in [1.165, 1.54) is 5.56 Å².